The van der Waals surface area contributed by atoms with Gasteiger partial charge in [-0.15, -0.1) is 0 Å². The number of hydrogen-bond acceptors (Lipinski definition) is 2. The van der Waals surface area contributed by atoms with Gasteiger partial charge in [-0.25, -0.2) is 0 Å². The number of carbonyl (C=O) groups excluding carboxylic acids is 1. The number of amides is 1. The molecule has 1 rings (SSSR count). The number of hydrogen-bond donors (Lipinski definition) is 1. The molecule has 0 aliphatic heterocycles. The summed E-state index contributed by atoms with van der Waals surface area (Å²) in [7, 11) is 1.84. The van der Waals surface area contributed by atoms with E-state index in [0.29, 0.717) is 18.9 Å². The Balaban J connectivity index is 2.51. The van der Waals surface area contributed by atoms with Crippen LogP contribution in [0.25, 0.3) is 0 Å². The molecule has 0 bridgehead atoms. The van der Waals surface area contributed by atoms with Crippen molar-refractivity contribution in [3.8, 4) is 0 Å². The normalized spacial score (nSPS) is 12.2. The molecule has 0 aliphatic rings. The monoisotopic (exact) mass is 262 g/mol. The maximum Gasteiger partial charge on any atom is 0.226 e. The summed E-state index contributed by atoms with van der Waals surface area (Å²) in [5.41, 5.74) is 7.78. The Morgan fingerprint density at radius 2 is 1.89 bits per heavy atom. The zero-order chi connectivity index (χ0) is 14.3. The lowest BCUT2D eigenvalue weighted by molar-refractivity contribution is -0.118. The Bertz CT molecular complexity index is 386. The Kier molecular flexibility index (Phi) is 6.57. The van der Waals surface area contributed by atoms with Crippen molar-refractivity contribution in [3.05, 3.63) is 29.8 Å². The lowest BCUT2D eigenvalue weighted by atomic mass is 10.0. The molecule has 0 aromatic heterocycles. The summed E-state index contributed by atoms with van der Waals surface area (Å²) in [6.45, 7) is 4.97. The van der Waals surface area contributed by atoms with E-state index in [2.05, 4.69) is 26.0 Å². The van der Waals surface area contributed by atoms with E-state index >= 15 is 0 Å². The Labute approximate surface area is 116 Å². The number of nitrogens with zero attached hydrogens (tertiary/aromatic N) is 1. The van der Waals surface area contributed by atoms with Crippen LogP contribution >= 0.6 is 0 Å². The van der Waals surface area contributed by atoms with Crippen LogP contribution in [0.3, 0.4) is 0 Å². The van der Waals surface area contributed by atoms with Crippen molar-refractivity contribution in [3.63, 3.8) is 0 Å². The zero-order valence-corrected chi connectivity index (χ0v) is 12.4. The van der Waals surface area contributed by atoms with Crippen molar-refractivity contribution in [2.24, 2.45) is 11.7 Å². The number of anilines is 1. The maximum absolute atomic E-state index is 12.1. The predicted molar refractivity (Wildman–Crippen MR) is 81.3 cm³/mol. The van der Waals surface area contributed by atoms with Gasteiger partial charge in [0.25, 0.3) is 0 Å². The first-order valence-electron chi connectivity index (χ1n) is 7.14. The fourth-order valence-electron chi connectivity index (χ4n) is 2.07. The van der Waals surface area contributed by atoms with Crippen LogP contribution in [0.4, 0.5) is 5.69 Å². The minimum Gasteiger partial charge on any atom is -0.330 e. The summed E-state index contributed by atoms with van der Waals surface area (Å²) in [6, 6.07) is 8.19. The molecule has 106 valence electrons. The van der Waals surface area contributed by atoms with Crippen LogP contribution in [0, 0.1) is 5.92 Å². The molecule has 0 fully saturated rings. The third-order valence-electron chi connectivity index (χ3n) is 3.62. The van der Waals surface area contributed by atoms with Gasteiger partial charge in [0.1, 0.15) is 0 Å². The molecule has 19 heavy (non-hydrogen) atoms. The van der Waals surface area contributed by atoms with Crippen molar-refractivity contribution in [1.29, 1.82) is 0 Å². The number of benzene rings is 1. The summed E-state index contributed by atoms with van der Waals surface area (Å²) in [4.78, 5) is 13.8. The fourth-order valence-corrected chi connectivity index (χ4v) is 2.07. The van der Waals surface area contributed by atoms with Crippen molar-refractivity contribution in [2.75, 3.05) is 18.5 Å². The average molecular weight is 262 g/mol. The summed E-state index contributed by atoms with van der Waals surface area (Å²) < 4.78 is 0. The molecular weight excluding hydrogens is 236 g/mol. The molecule has 0 spiro atoms. The minimum absolute atomic E-state index is 0.174. The lowest BCUT2D eigenvalue weighted by Crippen LogP contribution is -2.26. The van der Waals surface area contributed by atoms with Crippen LogP contribution < -0.4 is 10.6 Å². The predicted octanol–water partition coefficient (Wildman–Crippen LogP) is 2.98. The molecule has 0 radical (unpaired) electrons. The number of rotatable bonds is 7. The van der Waals surface area contributed by atoms with Gasteiger partial charge in [-0.1, -0.05) is 26.0 Å². The first-order valence-corrected chi connectivity index (χ1v) is 7.14. The van der Waals surface area contributed by atoms with Gasteiger partial charge in [-0.3, -0.25) is 4.79 Å². The van der Waals surface area contributed by atoms with Crippen LogP contribution in [-0.2, 0) is 11.2 Å². The third kappa shape index (κ3) is 5.03. The highest BCUT2D eigenvalue weighted by Gasteiger charge is 2.12. The molecule has 0 saturated carbocycles. The van der Waals surface area contributed by atoms with Gasteiger partial charge >= 0.3 is 0 Å². The minimum atomic E-state index is 0.174. The Hall–Kier alpha value is -1.35. The summed E-state index contributed by atoms with van der Waals surface area (Å²) >= 11 is 0. The van der Waals surface area contributed by atoms with Crippen molar-refractivity contribution < 1.29 is 4.79 Å². The van der Waals surface area contributed by atoms with E-state index in [-0.39, 0.29) is 5.91 Å². The van der Waals surface area contributed by atoms with Crippen LogP contribution in [0.5, 0.6) is 0 Å². The zero-order valence-electron chi connectivity index (χ0n) is 12.4. The molecule has 0 saturated heterocycles. The molecule has 1 amide bonds. The molecule has 1 atom stereocenters. The van der Waals surface area contributed by atoms with Crippen LogP contribution in [0.2, 0.25) is 0 Å². The number of nitrogens with two attached hydrogens (primary N) is 1. The quantitative estimate of drug-likeness (QED) is 0.821. The fraction of sp³-hybridized carbons (Fsp3) is 0.562. The van der Waals surface area contributed by atoms with Crippen LogP contribution in [0.1, 0.15) is 38.7 Å². The van der Waals surface area contributed by atoms with E-state index in [9.17, 15) is 4.79 Å². The van der Waals surface area contributed by atoms with Gasteiger partial charge in [-0.2, -0.15) is 0 Å². The molecule has 1 unspecified atom stereocenters. The van der Waals surface area contributed by atoms with Gasteiger partial charge < -0.3 is 10.6 Å². The van der Waals surface area contributed by atoms with E-state index in [4.69, 9.17) is 5.73 Å². The molecule has 0 aliphatic carbocycles. The van der Waals surface area contributed by atoms with Crippen LogP contribution in [0.15, 0.2) is 24.3 Å². The van der Waals surface area contributed by atoms with E-state index in [1.54, 1.807) is 4.90 Å². The second kappa shape index (κ2) is 7.95. The van der Waals surface area contributed by atoms with Crippen LogP contribution in [-0.4, -0.2) is 19.5 Å². The van der Waals surface area contributed by atoms with Gasteiger partial charge in [-0.05, 0) is 49.4 Å². The summed E-state index contributed by atoms with van der Waals surface area (Å²) in [5, 5.41) is 0. The van der Waals surface area contributed by atoms with E-state index < -0.39 is 0 Å². The molecule has 1 aromatic rings. The molecule has 3 heteroatoms. The lowest BCUT2D eigenvalue weighted by Gasteiger charge is -2.19. The topological polar surface area (TPSA) is 46.3 Å². The number of carbonyl (C=O) groups is 1. The second-order valence-electron chi connectivity index (χ2n) is 5.19. The Morgan fingerprint density at radius 1 is 1.26 bits per heavy atom. The Morgan fingerprint density at radius 3 is 2.42 bits per heavy atom. The van der Waals surface area contributed by atoms with Crippen molar-refractivity contribution in [1.82, 2.24) is 0 Å². The molecule has 0 heterocycles. The smallest absolute Gasteiger partial charge is 0.226 e. The molecule has 3 nitrogen and oxygen atoms in total. The van der Waals surface area contributed by atoms with Gasteiger partial charge in [0.2, 0.25) is 5.91 Å². The van der Waals surface area contributed by atoms with E-state index in [1.807, 2.05) is 19.2 Å². The highest BCUT2D eigenvalue weighted by atomic mass is 16.2. The highest BCUT2D eigenvalue weighted by molar-refractivity contribution is 5.92. The van der Waals surface area contributed by atoms with Gasteiger partial charge in [0.15, 0.2) is 0 Å². The first-order chi connectivity index (χ1) is 9.08. The highest BCUT2D eigenvalue weighted by Crippen LogP contribution is 2.17. The van der Waals surface area contributed by atoms with E-state index in [1.165, 1.54) is 5.56 Å². The first kappa shape index (κ1) is 15.7. The maximum atomic E-state index is 12.1. The largest absolute Gasteiger partial charge is 0.330 e. The van der Waals surface area contributed by atoms with Gasteiger partial charge in [0.05, 0.1) is 0 Å². The standard InChI is InChI=1S/C16H26N2O/c1-4-14-6-8-15(9-7-14)18(3)16(19)10-5-13(2)11-12-17/h6-9,13H,4-5,10-12,17H2,1-3H3. The third-order valence-corrected chi connectivity index (χ3v) is 3.62. The SMILES string of the molecule is CCc1ccc(N(C)C(=O)CCC(C)CCN)cc1. The summed E-state index contributed by atoms with van der Waals surface area (Å²) in [6.07, 6.45) is 3.51. The van der Waals surface area contributed by atoms with E-state index in [0.717, 1.165) is 24.9 Å². The van der Waals surface area contributed by atoms with Gasteiger partial charge in [0, 0.05) is 19.2 Å². The molecular formula is C16H26N2O. The molecule has 2 N–H and O–H groups in total. The average Bonchev–Trinajstić information content (AvgIpc) is 2.44. The summed E-state index contributed by atoms with van der Waals surface area (Å²) in [5.74, 6) is 0.693. The van der Waals surface area contributed by atoms with Crippen molar-refractivity contribution >= 4 is 11.6 Å². The second-order valence-corrected chi connectivity index (χ2v) is 5.19. The number of aryl methyl sites for hydroxylation is 1. The molecule has 1 aromatic carbocycles. The van der Waals surface area contributed by atoms with Crippen molar-refractivity contribution in [2.45, 2.75) is 39.5 Å².